The first kappa shape index (κ1) is 18.3. The van der Waals surface area contributed by atoms with Crippen molar-refractivity contribution in [1.82, 2.24) is 10.6 Å². The maximum absolute atomic E-state index is 11.5. The van der Waals surface area contributed by atoms with Crippen LogP contribution in [0.4, 0.5) is 4.79 Å². The molecule has 0 fully saturated rings. The highest BCUT2D eigenvalue weighted by Crippen LogP contribution is 2.23. The number of methoxy groups -OCH3 is 1. The molecule has 0 aliphatic rings. The van der Waals surface area contributed by atoms with E-state index in [-0.39, 0.29) is 12.1 Å². The minimum atomic E-state index is -0.458. The summed E-state index contributed by atoms with van der Waals surface area (Å²) >= 11 is 0. The zero-order chi connectivity index (χ0) is 16.6. The van der Waals surface area contributed by atoms with Crippen LogP contribution in [0.15, 0.2) is 24.3 Å². The average molecular weight is 308 g/mol. The highest BCUT2D eigenvalue weighted by Gasteiger charge is 2.15. The Hall–Kier alpha value is -1.75. The molecule has 5 nitrogen and oxygen atoms in total. The minimum absolute atomic E-state index is 0.192. The molecule has 0 saturated carbocycles. The largest absolute Gasteiger partial charge is 0.496 e. The predicted molar refractivity (Wildman–Crippen MR) is 88.3 cm³/mol. The van der Waals surface area contributed by atoms with E-state index in [1.165, 1.54) is 0 Å². The summed E-state index contributed by atoms with van der Waals surface area (Å²) in [5, 5.41) is 6.17. The maximum atomic E-state index is 11.5. The van der Waals surface area contributed by atoms with Crippen molar-refractivity contribution in [3.8, 4) is 5.75 Å². The molecule has 0 aliphatic heterocycles. The molecule has 0 bridgehead atoms. The van der Waals surface area contributed by atoms with Crippen LogP contribution in [0.1, 0.15) is 45.7 Å². The van der Waals surface area contributed by atoms with Gasteiger partial charge in [-0.25, -0.2) is 4.79 Å². The van der Waals surface area contributed by atoms with Gasteiger partial charge in [-0.05, 0) is 46.7 Å². The Morgan fingerprint density at radius 2 is 1.91 bits per heavy atom. The van der Waals surface area contributed by atoms with Gasteiger partial charge in [0.25, 0.3) is 0 Å². The normalized spacial score (nSPS) is 12.6. The third kappa shape index (κ3) is 6.80. The first-order valence-corrected chi connectivity index (χ1v) is 7.66. The lowest BCUT2D eigenvalue weighted by atomic mass is 10.1. The van der Waals surface area contributed by atoms with Crippen molar-refractivity contribution in [2.45, 2.75) is 45.8 Å². The molecule has 0 spiro atoms. The lowest BCUT2D eigenvalue weighted by molar-refractivity contribution is 0.0527. The van der Waals surface area contributed by atoms with Crippen molar-refractivity contribution >= 4 is 6.09 Å². The van der Waals surface area contributed by atoms with Crippen LogP contribution < -0.4 is 15.4 Å². The second kappa shape index (κ2) is 8.63. The molecule has 1 rings (SSSR count). The van der Waals surface area contributed by atoms with Crippen LogP contribution in [0.3, 0.4) is 0 Å². The lowest BCUT2D eigenvalue weighted by Crippen LogP contribution is -2.34. The third-order valence-electron chi connectivity index (χ3n) is 3.08. The first-order chi connectivity index (χ1) is 10.3. The Labute approximate surface area is 133 Å². The topological polar surface area (TPSA) is 59.6 Å². The predicted octanol–water partition coefficient (Wildman–Crippen LogP) is 3.26. The lowest BCUT2D eigenvalue weighted by Gasteiger charge is -2.20. The average Bonchev–Trinajstić information content (AvgIpc) is 2.44. The summed E-state index contributed by atoms with van der Waals surface area (Å²) in [6.07, 6.45) is 0.462. The molecule has 124 valence electrons. The van der Waals surface area contributed by atoms with Gasteiger partial charge in [-0.2, -0.15) is 0 Å². The number of carbonyl (C=O) groups excluding carboxylic acids is 1. The second-order valence-electron chi connectivity index (χ2n) is 6.20. The number of hydrogen-bond acceptors (Lipinski definition) is 4. The fourth-order valence-corrected chi connectivity index (χ4v) is 2.05. The molecular formula is C17H28N2O3. The maximum Gasteiger partial charge on any atom is 0.407 e. The van der Waals surface area contributed by atoms with Gasteiger partial charge in [0.1, 0.15) is 11.4 Å². The fourth-order valence-electron chi connectivity index (χ4n) is 2.05. The molecular weight excluding hydrogens is 280 g/mol. The molecule has 2 N–H and O–H groups in total. The smallest absolute Gasteiger partial charge is 0.407 e. The summed E-state index contributed by atoms with van der Waals surface area (Å²) in [7, 11) is 1.68. The summed E-state index contributed by atoms with van der Waals surface area (Å²) in [5.74, 6) is 0.884. The molecule has 1 amide bonds. The second-order valence-corrected chi connectivity index (χ2v) is 6.20. The molecule has 0 radical (unpaired) electrons. The zero-order valence-corrected chi connectivity index (χ0v) is 14.2. The van der Waals surface area contributed by atoms with Gasteiger partial charge in [-0.3, -0.25) is 0 Å². The quantitative estimate of drug-likeness (QED) is 0.759. The Morgan fingerprint density at radius 3 is 2.55 bits per heavy atom. The molecule has 0 aromatic heterocycles. The van der Waals surface area contributed by atoms with Gasteiger partial charge in [0.05, 0.1) is 7.11 Å². The zero-order valence-electron chi connectivity index (χ0n) is 14.2. The van der Waals surface area contributed by atoms with Gasteiger partial charge in [0.2, 0.25) is 0 Å². The van der Waals surface area contributed by atoms with Gasteiger partial charge >= 0.3 is 6.09 Å². The first-order valence-electron chi connectivity index (χ1n) is 7.66. The summed E-state index contributed by atoms with van der Waals surface area (Å²) < 4.78 is 10.5. The fraction of sp³-hybridized carbons (Fsp3) is 0.588. The number of hydrogen-bond donors (Lipinski definition) is 2. The van der Waals surface area contributed by atoms with Crippen molar-refractivity contribution in [3.05, 3.63) is 29.8 Å². The van der Waals surface area contributed by atoms with E-state index in [0.717, 1.165) is 24.3 Å². The number of nitrogens with one attached hydrogen (secondary N) is 2. The monoisotopic (exact) mass is 308 g/mol. The number of alkyl carbamates (subject to hydrolysis) is 1. The summed E-state index contributed by atoms with van der Waals surface area (Å²) in [6.45, 7) is 9.03. The van der Waals surface area contributed by atoms with Crippen LogP contribution in [-0.4, -0.2) is 31.9 Å². The Morgan fingerprint density at radius 1 is 1.23 bits per heavy atom. The van der Waals surface area contributed by atoms with Crippen LogP contribution in [0.25, 0.3) is 0 Å². The van der Waals surface area contributed by atoms with E-state index in [1.807, 2.05) is 39.0 Å². The summed E-state index contributed by atoms with van der Waals surface area (Å²) in [5.41, 5.74) is 0.672. The summed E-state index contributed by atoms with van der Waals surface area (Å²) in [4.78, 5) is 11.5. The Bertz CT molecular complexity index is 469. The van der Waals surface area contributed by atoms with E-state index in [1.54, 1.807) is 7.11 Å². The van der Waals surface area contributed by atoms with E-state index in [2.05, 4.69) is 23.6 Å². The standard InChI is InChI=1S/C17H28N2O3/c1-13(14-9-6-7-10-15(14)21-5)18-11-8-12-19-16(20)22-17(2,3)4/h6-7,9-10,13,18H,8,11-12H2,1-5H3,(H,19,20)/t13-/m1/s1. The van der Waals surface area contributed by atoms with Crippen molar-refractivity contribution in [2.24, 2.45) is 0 Å². The van der Waals surface area contributed by atoms with Crippen LogP contribution in [0.5, 0.6) is 5.75 Å². The molecule has 1 atom stereocenters. The van der Waals surface area contributed by atoms with Gasteiger partial charge in [-0.15, -0.1) is 0 Å². The van der Waals surface area contributed by atoms with Crippen LogP contribution in [-0.2, 0) is 4.74 Å². The highest BCUT2D eigenvalue weighted by atomic mass is 16.6. The number of benzene rings is 1. The van der Waals surface area contributed by atoms with Crippen molar-refractivity contribution < 1.29 is 14.3 Å². The van der Waals surface area contributed by atoms with Crippen LogP contribution in [0, 0.1) is 0 Å². The van der Waals surface area contributed by atoms with E-state index in [0.29, 0.717) is 6.54 Å². The molecule has 5 heteroatoms. The van der Waals surface area contributed by atoms with Gasteiger partial charge in [0.15, 0.2) is 0 Å². The SMILES string of the molecule is COc1ccccc1[C@@H](C)NCCCNC(=O)OC(C)(C)C. The molecule has 0 unspecified atom stereocenters. The van der Waals surface area contributed by atoms with E-state index >= 15 is 0 Å². The highest BCUT2D eigenvalue weighted by molar-refractivity contribution is 5.67. The molecule has 22 heavy (non-hydrogen) atoms. The van der Waals surface area contributed by atoms with Crippen molar-refractivity contribution in [3.63, 3.8) is 0 Å². The van der Waals surface area contributed by atoms with E-state index in [4.69, 9.17) is 9.47 Å². The number of amides is 1. The third-order valence-corrected chi connectivity index (χ3v) is 3.08. The number of rotatable bonds is 7. The number of ether oxygens (including phenoxy) is 2. The minimum Gasteiger partial charge on any atom is -0.496 e. The molecule has 1 aromatic carbocycles. The molecule has 0 aliphatic carbocycles. The van der Waals surface area contributed by atoms with Crippen LogP contribution >= 0.6 is 0 Å². The van der Waals surface area contributed by atoms with Crippen molar-refractivity contribution in [1.29, 1.82) is 0 Å². The van der Waals surface area contributed by atoms with Crippen molar-refractivity contribution in [2.75, 3.05) is 20.2 Å². The van der Waals surface area contributed by atoms with Crippen LogP contribution in [0.2, 0.25) is 0 Å². The Balaban J connectivity index is 2.26. The van der Waals surface area contributed by atoms with E-state index < -0.39 is 5.60 Å². The van der Waals surface area contributed by atoms with Gasteiger partial charge in [0, 0.05) is 18.2 Å². The van der Waals surface area contributed by atoms with E-state index in [9.17, 15) is 4.79 Å². The summed E-state index contributed by atoms with van der Waals surface area (Å²) in [6, 6.07) is 8.16. The van der Waals surface area contributed by atoms with Gasteiger partial charge < -0.3 is 20.1 Å². The van der Waals surface area contributed by atoms with Gasteiger partial charge in [-0.1, -0.05) is 18.2 Å². The number of para-hydroxylation sites is 1. The Kier molecular flexibility index (Phi) is 7.18. The molecule has 0 saturated heterocycles. The molecule has 0 heterocycles. The molecule has 1 aromatic rings. The number of carbonyl (C=O) groups is 1.